The number of carbonyl (C=O) groups excluding carboxylic acids is 1. The molecule has 0 radical (unpaired) electrons. The Morgan fingerprint density at radius 3 is 2.34 bits per heavy atom. The summed E-state index contributed by atoms with van der Waals surface area (Å²) < 4.78 is 33.6. The summed E-state index contributed by atoms with van der Waals surface area (Å²) in [5, 5.41) is 0. The zero-order valence-electron chi connectivity index (χ0n) is 17.1. The molecule has 4 aromatic rings. The molecule has 3 aromatic carbocycles. The summed E-state index contributed by atoms with van der Waals surface area (Å²) >= 11 is 0. The number of benzene rings is 3. The Morgan fingerprint density at radius 2 is 1.62 bits per heavy atom. The van der Waals surface area contributed by atoms with E-state index in [1.165, 1.54) is 6.26 Å². The molecule has 0 saturated carbocycles. The van der Waals surface area contributed by atoms with E-state index >= 15 is 0 Å². The fourth-order valence-corrected chi connectivity index (χ4v) is 4.93. The highest BCUT2D eigenvalue weighted by Crippen LogP contribution is 2.32. The smallest absolute Gasteiger partial charge is 0.293 e. The molecule has 1 amide bonds. The normalized spacial score (nSPS) is 13.1. The van der Waals surface area contributed by atoms with Crippen LogP contribution in [0.5, 0.6) is 0 Å². The minimum absolute atomic E-state index is 0.187. The summed E-state index contributed by atoms with van der Waals surface area (Å²) in [6.45, 7) is 0.520. The first-order valence-electron chi connectivity index (χ1n) is 10.2. The molecule has 0 saturated heterocycles. The summed E-state index contributed by atoms with van der Waals surface area (Å²) in [4.78, 5) is 14.5. The first kappa shape index (κ1) is 20.1. The largest absolute Gasteiger partial charge is 0.459 e. The molecule has 1 N–H and O–H groups in total. The molecule has 0 spiro atoms. The highest BCUT2D eigenvalue weighted by Gasteiger charge is 2.27. The number of nitrogens with one attached hydrogen (secondary N) is 1. The Hall–Kier alpha value is -3.84. The first-order chi connectivity index (χ1) is 15.5. The minimum atomic E-state index is -3.74. The number of sulfonamides is 1. The zero-order chi connectivity index (χ0) is 22.1. The van der Waals surface area contributed by atoms with Crippen molar-refractivity contribution in [3.05, 3.63) is 103 Å². The maximum absolute atomic E-state index is 12.9. The van der Waals surface area contributed by atoms with Crippen LogP contribution >= 0.6 is 0 Å². The lowest BCUT2D eigenvalue weighted by molar-refractivity contribution is 0.0963. The summed E-state index contributed by atoms with van der Waals surface area (Å²) in [7, 11) is -3.74. The van der Waals surface area contributed by atoms with Gasteiger partial charge in [-0.15, -0.1) is 0 Å². The van der Waals surface area contributed by atoms with E-state index in [0.29, 0.717) is 18.7 Å². The predicted octanol–water partition coefficient (Wildman–Crippen LogP) is 4.95. The molecule has 0 fully saturated rings. The molecule has 5 rings (SSSR count). The van der Waals surface area contributed by atoms with Gasteiger partial charge in [-0.05, 0) is 65.6 Å². The maximum atomic E-state index is 12.9. The third-order valence-corrected chi connectivity index (χ3v) is 6.87. The Labute approximate surface area is 186 Å². The minimum Gasteiger partial charge on any atom is -0.459 e. The maximum Gasteiger partial charge on any atom is 0.293 e. The highest BCUT2D eigenvalue weighted by atomic mass is 32.2. The molecule has 1 aliphatic rings. The summed E-state index contributed by atoms with van der Waals surface area (Å²) in [6.07, 6.45) is 2.11. The standard InChI is InChI=1S/C25H20N2O4S/c28-25(24-7-4-16-31-24)27-15-14-20-17-21(10-13-23(20)27)26-32(29,30)22-11-8-19(9-12-22)18-5-2-1-3-6-18/h1-13,16-17,26H,14-15H2. The van der Waals surface area contributed by atoms with E-state index in [-0.39, 0.29) is 16.6 Å². The van der Waals surface area contributed by atoms with E-state index in [2.05, 4.69) is 4.72 Å². The van der Waals surface area contributed by atoms with Gasteiger partial charge in [0.15, 0.2) is 5.76 Å². The second kappa shape index (κ2) is 8.01. The van der Waals surface area contributed by atoms with Crippen LogP contribution in [0.2, 0.25) is 0 Å². The summed E-state index contributed by atoms with van der Waals surface area (Å²) in [5.74, 6) is 0.0714. The van der Waals surface area contributed by atoms with Crippen molar-refractivity contribution in [1.82, 2.24) is 0 Å². The van der Waals surface area contributed by atoms with Crippen LogP contribution in [0.4, 0.5) is 11.4 Å². The van der Waals surface area contributed by atoms with E-state index in [4.69, 9.17) is 4.42 Å². The van der Waals surface area contributed by atoms with Gasteiger partial charge in [-0.3, -0.25) is 9.52 Å². The highest BCUT2D eigenvalue weighted by molar-refractivity contribution is 7.92. The number of anilines is 2. The third kappa shape index (κ3) is 3.78. The molecule has 6 nitrogen and oxygen atoms in total. The fourth-order valence-electron chi connectivity index (χ4n) is 3.88. The molecule has 160 valence electrons. The number of nitrogens with zero attached hydrogens (tertiary/aromatic N) is 1. The average Bonchev–Trinajstić information content (AvgIpc) is 3.49. The van der Waals surface area contributed by atoms with Gasteiger partial charge < -0.3 is 9.32 Å². The number of furan rings is 1. The summed E-state index contributed by atoms with van der Waals surface area (Å²) in [6, 6.07) is 25.1. The van der Waals surface area contributed by atoms with Crippen LogP contribution in [-0.4, -0.2) is 20.9 Å². The average molecular weight is 445 g/mol. The molecule has 2 heterocycles. The molecule has 0 unspecified atom stereocenters. The lowest BCUT2D eigenvalue weighted by Gasteiger charge is -2.16. The molecule has 1 aromatic heterocycles. The molecular weight excluding hydrogens is 424 g/mol. The summed E-state index contributed by atoms with van der Waals surface area (Å²) in [5.41, 5.74) is 4.11. The van der Waals surface area contributed by atoms with Crippen molar-refractivity contribution in [2.45, 2.75) is 11.3 Å². The van der Waals surface area contributed by atoms with Crippen LogP contribution in [-0.2, 0) is 16.4 Å². The zero-order valence-corrected chi connectivity index (χ0v) is 17.9. The van der Waals surface area contributed by atoms with Crippen LogP contribution in [0.15, 0.2) is 101 Å². The number of rotatable bonds is 5. The Kier molecular flexibility index (Phi) is 5.03. The Bertz CT molecular complexity index is 1360. The molecular formula is C25H20N2O4S. The second-order valence-corrected chi connectivity index (χ2v) is 9.21. The first-order valence-corrected chi connectivity index (χ1v) is 11.7. The van der Waals surface area contributed by atoms with Crippen molar-refractivity contribution in [3.8, 4) is 11.1 Å². The fraction of sp³-hybridized carbons (Fsp3) is 0.0800. The van der Waals surface area contributed by atoms with Gasteiger partial charge in [-0.1, -0.05) is 42.5 Å². The SMILES string of the molecule is O=C(c1ccco1)N1CCc2cc(NS(=O)(=O)c3ccc(-c4ccccc4)cc3)ccc21. The number of amides is 1. The van der Waals surface area contributed by atoms with Crippen LogP contribution < -0.4 is 9.62 Å². The molecule has 0 atom stereocenters. The molecule has 0 bridgehead atoms. The Morgan fingerprint density at radius 1 is 0.875 bits per heavy atom. The lowest BCUT2D eigenvalue weighted by atomic mass is 10.1. The molecule has 32 heavy (non-hydrogen) atoms. The number of hydrogen-bond acceptors (Lipinski definition) is 4. The molecule has 7 heteroatoms. The van der Waals surface area contributed by atoms with Gasteiger partial charge in [0.05, 0.1) is 11.2 Å². The third-order valence-electron chi connectivity index (χ3n) is 5.48. The van der Waals surface area contributed by atoms with E-state index < -0.39 is 10.0 Å². The van der Waals surface area contributed by atoms with E-state index in [1.54, 1.807) is 59.5 Å². The number of carbonyl (C=O) groups is 1. The van der Waals surface area contributed by atoms with Crippen molar-refractivity contribution in [1.29, 1.82) is 0 Å². The van der Waals surface area contributed by atoms with Gasteiger partial charge in [-0.2, -0.15) is 0 Å². The Balaban J connectivity index is 1.35. The van der Waals surface area contributed by atoms with Crippen molar-refractivity contribution in [2.24, 2.45) is 0 Å². The van der Waals surface area contributed by atoms with Gasteiger partial charge >= 0.3 is 0 Å². The van der Waals surface area contributed by atoms with Crippen LogP contribution in [0, 0.1) is 0 Å². The molecule has 1 aliphatic heterocycles. The van der Waals surface area contributed by atoms with Gasteiger partial charge in [0.1, 0.15) is 0 Å². The lowest BCUT2D eigenvalue weighted by Crippen LogP contribution is -2.28. The van der Waals surface area contributed by atoms with Crippen LogP contribution in [0.3, 0.4) is 0 Å². The van der Waals surface area contributed by atoms with Crippen molar-refractivity contribution < 1.29 is 17.6 Å². The van der Waals surface area contributed by atoms with Crippen LogP contribution in [0.1, 0.15) is 16.1 Å². The molecule has 0 aliphatic carbocycles. The number of fused-ring (bicyclic) bond motifs is 1. The van der Waals surface area contributed by atoms with Gasteiger partial charge in [0.2, 0.25) is 0 Å². The topological polar surface area (TPSA) is 79.6 Å². The van der Waals surface area contributed by atoms with E-state index in [9.17, 15) is 13.2 Å². The van der Waals surface area contributed by atoms with Gasteiger partial charge in [-0.25, -0.2) is 8.42 Å². The second-order valence-electron chi connectivity index (χ2n) is 7.52. The monoisotopic (exact) mass is 444 g/mol. The van der Waals surface area contributed by atoms with Gasteiger partial charge in [0.25, 0.3) is 15.9 Å². The quantitative estimate of drug-likeness (QED) is 0.472. The van der Waals surface area contributed by atoms with E-state index in [1.807, 2.05) is 30.3 Å². The van der Waals surface area contributed by atoms with Crippen molar-refractivity contribution in [3.63, 3.8) is 0 Å². The number of hydrogen-bond donors (Lipinski definition) is 1. The van der Waals surface area contributed by atoms with E-state index in [0.717, 1.165) is 22.4 Å². The van der Waals surface area contributed by atoms with Gasteiger partial charge in [0, 0.05) is 17.9 Å². The predicted molar refractivity (Wildman–Crippen MR) is 123 cm³/mol. The van der Waals surface area contributed by atoms with Crippen molar-refractivity contribution >= 4 is 27.3 Å². The van der Waals surface area contributed by atoms with Crippen LogP contribution in [0.25, 0.3) is 11.1 Å². The van der Waals surface area contributed by atoms with Crippen molar-refractivity contribution in [2.75, 3.05) is 16.2 Å².